The Bertz CT molecular complexity index is 606. The van der Waals surface area contributed by atoms with Crippen LogP contribution in [0.4, 0.5) is 11.4 Å². The number of anilines is 2. The van der Waals surface area contributed by atoms with Gasteiger partial charge in [-0.2, -0.15) is 0 Å². The van der Waals surface area contributed by atoms with Crippen LogP contribution >= 0.6 is 0 Å². The normalized spacial score (nSPS) is 19.9. The number of benzene rings is 1. The van der Waals surface area contributed by atoms with Gasteiger partial charge in [0, 0.05) is 35.0 Å². The molecule has 1 aliphatic heterocycles. The molecular formula is C16H21N3. The Morgan fingerprint density at radius 3 is 2.89 bits per heavy atom. The van der Waals surface area contributed by atoms with Crippen molar-refractivity contribution in [2.45, 2.75) is 39.2 Å². The lowest BCUT2D eigenvalue weighted by atomic mass is 10.0. The Morgan fingerprint density at radius 1 is 1.26 bits per heavy atom. The Kier molecular flexibility index (Phi) is 3.05. The molecule has 3 heteroatoms. The molecule has 0 saturated carbocycles. The minimum Gasteiger partial charge on any atom is -0.399 e. The van der Waals surface area contributed by atoms with Crippen LogP contribution in [0.3, 0.4) is 0 Å². The minimum atomic E-state index is 0.597. The van der Waals surface area contributed by atoms with Gasteiger partial charge in [0.15, 0.2) is 0 Å². The molecule has 2 heterocycles. The molecule has 0 spiro atoms. The quantitative estimate of drug-likeness (QED) is 0.793. The monoisotopic (exact) mass is 255 g/mol. The Morgan fingerprint density at radius 2 is 2.11 bits per heavy atom. The fourth-order valence-electron chi connectivity index (χ4n) is 3.05. The average Bonchev–Trinajstić information content (AvgIpc) is 2.39. The summed E-state index contributed by atoms with van der Waals surface area (Å²) in [6.45, 7) is 5.51. The van der Waals surface area contributed by atoms with E-state index < -0.39 is 0 Å². The lowest BCUT2D eigenvalue weighted by molar-refractivity contribution is 0.485. The SMILES string of the molecule is Cc1cc(N2CCCCC2C)c2cc(N)ccc2n1. The van der Waals surface area contributed by atoms with E-state index in [1.54, 1.807) is 0 Å². The number of aryl methyl sites for hydroxylation is 1. The molecule has 19 heavy (non-hydrogen) atoms. The zero-order valence-electron chi connectivity index (χ0n) is 11.7. The predicted molar refractivity (Wildman–Crippen MR) is 81.6 cm³/mol. The number of pyridine rings is 1. The first-order valence-corrected chi connectivity index (χ1v) is 7.08. The van der Waals surface area contributed by atoms with E-state index >= 15 is 0 Å². The van der Waals surface area contributed by atoms with E-state index in [1.165, 1.54) is 30.3 Å². The summed E-state index contributed by atoms with van der Waals surface area (Å²) in [5.74, 6) is 0. The summed E-state index contributed by atoms with van der Waals surface area (Å²) in [4.78, 5) is 7.13. The van der Waals surface area contributed by atoms with Crippen molar-refractivity contribution in [1.29, 1.82) is 0 Å². The lowest BCUT2D eigenvalue weighted by Crippen LogP contribution is -2.37. The number of piperidine rings is 1. The number of hydrogen-bond acceptors (Lipinski definition) is 3. The van der Waals surface area contributed by atoms with Crippen molar-refractivity contribution in [2.75, 3.05) is 17.2 Å². The number of nitrogen functional groups attached to an aromatic ring is 1. The second-order valence-electron chi connectivity index (χ2n) is 5.60. The Hall–Kier alpha value is -1.77. The summed E-state index contributed by atoms with van der Waals surface area (Å²) in [7, 11) is 0. The second-order valence-corrected chi connectivity index (χ2v) is 5.60. The van der Waals surface area contributed by atoms with Gasteiger partial charge in [-0.15, -0.1) is 0 Å². The lowest BCUT2D eigenvalue weighted by Gasteiger charge is -2.36. The van der Waals surface area contributed by atoms with Gasteiger partial charge < -0.3 is 10.6 Å². The third-order valence-corrected chi connectivity index (χ3v) is 4.05. The van der Waals surface area contributed by atoms with Crippen LogP contribution in [0.25, 0.3) is 10.9 Å². The highest BCUT2D eigenvalue weighted by atomic mass is 15.2. The van der Waals surface area contributed by atoms with Gasteiger partial charge in [0.05, 0.1) is 5.52 Å². The fraction of sp³-hybridized carbons (Fsp3) is 0.438. The van der Waals surface area contributed by atoms with Gasteiger partial charge in [0.25, 0.3) is 0 Å². The van der Waals surface area contributed by atoms with Crippen molar-refractivity contribution in [3.63, 3.8) is 0 Å². The molecule has 2 N–H and O–H groups in total. The van der Waals surface area contributed by atoms with Gasteiger partial charge >= 0.3 is 0 Å². The zero-order chi connectivity index (χ0) is 13.4. The van der Waals surface area contributed by atoms with Gasteiger partial charge in [0.1, 0.15) is 0 Å². The van der Waals surface area contributed by atoms with Crippen LogP contribution in [0.5, 0.6) is 0 Å². The number of hydrogen-bond donors (Lipinski definition) is 1. The molecule has 1 saturated heterocycles. The van der Waals surface area contributed by atoms with Gasteiger partial charge in [-0.25, -0.2) is 0 Å². The second kappa shape index (κ2) is 4.72. The van der Waals surface area contributed by atoms with Crippen LogP contribution in [-0.4, -0.2) is 17.6 Å². The molecule has 3 rings (SSSR count). The Balaban J connectivity index is 2.18. The molecule has 1 unspecified atom stereocenters. The number of nitrogens with two attached hydrogens (primary N) is 1. The molecule has 0 radical (unpaired) electrons. The van der Waals surface area contributed by atoms with E-state index in [0.717, 1.165) is 23.4 Å². The third kappa shape index (κ3) is 2.25. The molecule has 1 aromatic carbocycles. The van der Waals surface area contributed by atoms with E-state index in [-0.39, 0.29) is 0 Å². The number of aromatic nitrogens is 1. The van der Waals surface area contributed by atoms with Crippen LogP contribution in [0.2, 0.25) is 0 Å². The maximum atomic E-state index is 5.95. The highest BCUT2D eigenvalue weighted by molar-refractivity contribution is 5.94. The molecule has 1 aliphatic rings. The van der Waals surface area contributed by atoms with E-state index in [9.17, 15) is 0 Å². The number of rotatable bonds is 1. The van der Waals surface area contributed by atoms with Gasteiger partial charge in [-0.3, -0.25) is 4.98 Å². The average molecular weight is 255 g/mol. The van der Waals surface area contributed by atoms with Crippen molar-refractivity contribution in [3.05, 3.63) is 30.0 Å². The standard InChI is InChI=1S/C16H21N3/c1-11-9-16(19-8-4-3-5-12(19)2)14-10-13(17)6-7-15(14)18-11/h6-7,9-10,12H,3-5,8,17H2,1-2H3. The molecule has 1 atom stereocenters. The van der Waals surface area contributed by atoms with Gasteiger partial charge in [-0.05, 0) is 57.4 Å². The first-order chi connectivity index (χ1) is 9.15. The summed E-state index contributed by atoms with van der Waals surface area (Å²) >= 11 is 0. The first-order valence-electron chi connectivity index (χ1n) is 7.08. The highest BCUT2D eigenvalue weighted by Crippen LogP contribution is 2.32. The van der Waals surface area contributed by atoms with Crippen LogP contribution in [-0.2, 0) is 0 Å². The maximum Gasteiger partial charge on any atom is 0.0727 e. The molecule has 1 fully saturated rings. The zero-order valence-corrected chi connectivity index (χ0v) is 11.7. The Labute approximate surface area is 114 Å². The summed E-state index contributed by atoms with van der Waals surface area (Å²) in [5.41, 5.74) is 10.2. The summed E-state index contributed by atoms with van der Waals surface area (Å²) in [6.07, 6.45) is 3.88. The smallest absolute Gasteiger partial charge is 0.0727 e. The molecule has 0 bridgehead atoms. The molecule has 0 aliphatic carbocycles. The molecule has 3 nitrogen and oxygen atoms in total. The van der Waals surface area contributed by atoms with Crippen molar-refractivity contribution < 1.29 is 0 Å². The summed E-state index contributed by atoms with van der Waals surface area (Å²) < 4.78 is 0. The van der Waals surface area contributed by atoms with Crippen molar-refractivity contribution in [2.24, 2.45) is 0 Å². The molecule has 0 amide bonds. The molecule has 2 aromatic rings. The van der Waals surface area contributed by atoms with Crippen molar-refractivity contribution >= 4 is 22.3 Å². The van der Waals surface area contributed by atoms with E-state index in [0.29, 0.717) is 6.04 Å². The molecular weight excluding hydrogens is 234 g/mol. The van der Waals surface area contributed by atoms with E-state index in [2.05, 4.69) is 35.9 Å². The first kappa shape index (κ1) is 12.3. The van der Waals surface area contributed by atoms with Crippen LogP contribution in [0.15, 0.2) is 24.3 Å². The number of nitrogens with zero attached hydrogens (tertiary/aromatic N) is 2. The highest BCUT2D eigenvalue weighted by Gasteiger charge is 2.20. The van der Waals surface area contributed by atoms with Crippen LogP contribution < -0.4 is 10.6 Å². The topological polar surface area (TPSA) is 42.1 Å². The molecule has 100 valence electrons. The van der Waals surface area contributed by atoms with Crippen molar-refractivity contribution in [1.82, 2.24) is 4.98 Å². The van der Waals surface area contributed by atoms with E-state index in [4.69, 9.17) is 5.73 Å². The third-order valence-electron chi connectivity index (χ3n) is 4.05. The summed E-state index contributed by atoms with van der Waals surface area (Å²) in [5, 5.41) is 1.18. The van der Waals surface area contributed by atoms with Gasteiger partial charge in [-0.1, -0.05) is 0 Å². The predicted octanol–water partition coefficient (Wildman–Crippen LogP) is 3.50. The summed E-state index contributed by atoms with van der Waals surface area (Å²) in [6, 6.07) is 8.80. The van der Waals surface area contributed by atoms with Crippen LogP contribution in [0, 0.1) is 6.92 Å². The minimum absolute atomic E-state index is 0.597. The van der Waals surface area contributed by atoms with Crippen LogP contribution in [0.1, 0.15) is 31.9 Å². The largest absolute Gasteiger partial charge is 0.399 e. The maximum absolute atomic E-state index is 5.95. The fourth-order valence-corrected chi connectivity index (χ4v) is 3.05. The number of fused-ring (bicyclic) bond motifs is 1. The van der Waals surface area contributed by atoms with E-state index in [1.807, 2.05) is 12.1 Å². The molecule has 1 aromatic heterocycles. The van der Waals surface area contributed by atoms with Crippen molar-refractivity contribution in [3.8, 4) is 0 Å². The van der Waals surface area contributed by atoms with Gasteiger partial charge in [0.2, 0.25) is 0 Å².